The zero-order valence-electron chi connectivity index (χ0n) is 10.4. The predicted molar refractivity (Wildman–Crippen MR) is 70.5 cm³/mol. The molecule has 0 saturated carbocycles. The van der Waals surface area contributed by atoms with E-state index in [9.17, 15) is 4.79 Å². The van der Waals surface area contributed by atoms with Crippen molar-refractivity contribution in [1.82, 2.24) is 5.32 Å². The van der Waals surface area contributed by atoms with Gasteiger partial charge in [-0.2, -0.15) is 0 Å². The van der Waals surface area contributed by atoms with Crippen LogP contribution < -0.4 is 10.6 Å². The van der Waals surface area contributed by atoms with Crippen molar-refractivity contribution in [1.29, 1.82) is 0 Å². The Balaban J connectivity index is 1.91. The van der Waals surface area contributed by atoms with Gasteiger partial charge in [-0.3, -0.25) is 4.79 Å². The Morgan fingerprint density at radius 1 is 1.41 bits per heavy atom. The maximum absolute atomic E-state index is 11.9. The minimum Gasteiger partial charge on any atom is -0.384 e. The fraction of sp³-hybridized carbons (Fsp3) is 0.500. The van der Waals surface area contributed by atoms with E-state index in [0.29, 0.717) is 0 Å². The van der Waals surface area contributed by atoms with Crippen molar-refractivity contribution in [2.75, 3.05) is 18.4 Å². The van der Waals surface area contributed by atoms with Crippen LogP contribution in [-0.2, 0) is 6.42 Å². The quantitative estimate of drug-likeness (QED) is 0.766. The number of fused-ring (bicyclic) bond motifs is 1. The molecule has 0 spiro atoms. The summed E-state index contributed by atoms with van der Waals surface area (Å²) in [5, 5.41) is 6.25. The highest BCUT2D eigenvalue weighted by atomic mass is 16.1. The second kappa shape index (κ2) is 5.71. The fourth-order valence-corrected chi connectivity index (χ4v) is 2.11. The topological polar surface area (TPSA) is 41.1 Å². The Morgan fingerprint density at radius 3 is 3.12 bits per heavy atom. The van der Waals surface area contributed by atoms with E-state index in [1.165, 1.54) is 18.4 Å². The summed E-state index contributed by atoms with van der Waals surface area (Å²) in [6.45, 7) is 3.92. The minimum atomic E-state index is 0.0394. The van der Waals surface area contributed by atoms with Crippen molar-refractivity contribution >= 4 is 11.6 Å². The van der Waals surface area contributed by atoms with Gasteiger partial charge in [0.25, 0.3) is 5.91 Å². The second-order valence-corrected chi connectivity index (χ2v) is 4.51. The monoisotopic (exact) mass is 232 g/mol. The van der Waals surface area contributed by atoms with E-state index in [-0.39, 0.29) is 5.91 Å². The lowest BCUT2D eigenvalue weighted by atomic mass is 10.1. The molecule has 2 rings (SSSR count). The lowest BCUT2D eigenvalue weighted by molar-refractivity contribution is 0.0953. The van der Waals surface area contributed by atoms with Crippen molar-refractivity contribution in [3.05, 3.63) is 29.3 Å². The van der Waals surface area contributed by atoms with Crippen LogP contribution in [0.4, 0.5) is 5.69 Å². The number of hydrogen-bond donors (Lipinski definition) is 2. The van der Waals surface area contributed by atoms with Gasteiger partial charge >= 0.3 is 0 Å². The Labute approximate surface area is 103 Å². The number of carbonyl (C=O) groups excluding carboxylic acids is 1. The molecule has 17 heavy (non-hydrogen) atoms. The highest BCUT2D eigenvalue weighted by Gasteiger charge is 2.12. The van der Waals surface area contributed by atoms with E-state index in [2.05, 4.69) is 23.6 Å². The Hall–Kier alpha value is -1.51. The minimum absolute atomic E-state index is 0.0394. The molecule has 2 N–H and O–H groups in total. The van der Waals surface area contributed by atoms with Crippen LogP contribution in [0.5, 0.6) is 0 Å². The lowest BCUT2D eigenvalue weighted by Crippen LogP contribution is -2.24. The molecule has 3 heteroatoms. The molecule has 0 saturated heterocycles. The molecule has 0 unspecified atom stereocenters. The first-order valence-electron chi connectivity index (χ1n) is 6.46. The van der Waals surface area contributed by atoms with Crippen molar-refractivity contribution < 1.29 is 4.79 Å². The van der Waals surface area contributed by atoms with Crippen LogP contribution in [0.3, 0.4) is 0 Å². The molecular weight excluding hydrogens is 212 g/mol. The average Bonchev–Trinajstić information content (AvgIpc) is 2.81. The standard InChI is InChI=1S/C14H20N2O/c1-2-3-4-8-16-14(17)12-6-5-11-7-9-15-13(11)10-12/h5-6,10,15H,2-4,7-9H2,1H3,(H,16,17). The van der Waals surface area contributed by atoms with Gasteiger partial charge in [-0.05, 0) is 30.5 Å². The number of rotatable bonds is 5. The summed E-state index contributed by atoms with van der Waals surface area (Å²) in [5.41, 5.74) is 3.19. The molecule has 0 aromatic heterocycles. The molecule has 1 heterocycles. The Bertz CT molecular complexity index is 401. The highest BCUT2D eigenvalue weighted by molar-refractivity contribution is 5.95. The fourth-order valence-electron chi connectivity index (χ4n) is 2.11. The first-order valence-corrected chi connectivity index (χ1v) is 6.46. The van der Waals surface area contributed by atoms with E-state index >= 15 is 0 Å². The van der Waals surface area contributed by atoms with E-state index in [1.54, 1.807) is 0 Å². The van der Waals surface area contributed by atoms with Crippen LogP contribution in [0.25, 0.3) is 0 Å². The van der Waals surface area contributed by atoms with Crippen molar-refractivity contribution in [2.24, 2.45) is 0 Å². The highest BCUT2D eigenvalue weighted by Crippen LogP contribution is 2.23. The molecule has 1 aromatic rings. The third-order valence-electron chi connectivity index (χ3n) is 3.15. The summed E-state index contributed by atoms with van der Waals surface area (Å²) in [5.74, 6) is 0.0394. The number of carbonyl (C=O) groups is 1. The smallest absolute Gasteiger partial charge is 0.251 e. The Morgan fingerprint density at radius 2 is 2.29 bits per heavy atom. The van der Waals surface area contributed by atoms with Crippen LogP contribution in [0, 0.1) is 0 Å². The normalized spacial score (nSPS) is 13.0. The van der Waals surface area contributed by atoms with Gasteiger partial charge in [-0.1, -0.05) is 25.8 Å². The van der Waals surface area contributed by atoms with Crippen LogP contribution in [0.15, 0.2) is 18.2 Å². The number of nitrogens with one attached hydrogen (secondary N) is 2. The van der Waals surface area contributed by atoms with E-state index in [4.69, 9.17) is 0 Å². The van der Waals surface area contributed by atoms with E-state index < -0.39 is 0 Å². The van der Waals surface area contributed by atoms with Gasteiger partial charge in [0.05, 0.1) is 0 Å². The number of amides is 1. The molecule has 0 radical (unpaired) electrons. The molecule has 0 bridgehead atoms. The Kier molecular flexibility index (Phi) is 4.02. The van der Waals surface area contributed by atoms with Crippen molar-refractivity contribution in [3.63, 3.8) is 0 Å². The molecule has 0 aliphatic carbocycles. The molecular formula is C14H20N2O. The van der Waals surface area contributed by atoms with Gasteiger partial charge in [0.15, 0.2) is 0 Å². The average molecular weight is 232 g/mol. The summed E-state index contributed by atoms with van der Waals surface area (Å²) < 4.78 is 0. The van der Waals surface area contributed by atoms with Gasteiger partial charge < -0.3 is 10.6 Å². The summed E-state index contributed by atoms with van der Waals surface area (Å²) in [6.07, 6.45) is 4.48. The van der Waals surface area contributed by atoms with E-state index in [0.717, 1.165) is 37.2 Å². The molecule has 0 atom stereocenters. The second-order valence-electron chi connectivity index (χ2n) is 4.51. The van der Waals surface area contributed by atoms with Crippen LogP contribution in [0.1, 0.15) is 42.1 Å². The third-order valence-corrected chi connectivity index (χ3v) is 3.15. The van der Waals surface area contributed by atoms with Crippen LogP contribution in [-0.4, -0.2) is 19.0 Å². The summed E-state index contributed by atoms with van der Waals surface area (Å²) in [7, 11) is 0. The largest absolute Gasteiger partial charge is 0.384 e. The molecule has 1 aliphatic rings. The van der Waals surface area contributed by atoms with Gasteiger partial charge in [-0.15, -0.1) is 0 Å². The number of benzene rings is 1. The van der Waals surface area contributed by atoms with Gasteiger partial charge in [0.2, 0.25) is 0 Å². The summed E-state index contributed by atoms with van der Waals surface area (Å²) >= 11 is 0. The third kappa shape index (κ3) is 2.99. The molecule has 3 nitrogen and oxygen atoms in total. The van der Waals surface area contributed by atoms with Crippen molar-refractivity contribution in [3.8, 4) is 0 Å². The lowest BCUT2D eigenvalue weighted by Gasteiger charge is -2.06. The van der Waals surface area contributed by atoms with Crippen LogP contribution >= 0.6 is 0 Å². The van der Waals surface area contributed by atoms with Gasteiger partial charge in [-0.25, -0.2) is 0 Å². The first kappa shape index (κ1) is 12.0. The van der Waals surface area contributed by atoms with E-state index in [1.807, 2.05) is 12.1 Å². The molecule has 1 aliphatic heterocycles. The maximum atomic E-state index is 11.9. The predicted octanol–water partition coefficient (Wildman–Crippen LogP) is 2.57. The van der Waals surface area contributed by atoms with Crippen LogP contribution in [0.2, 0.25) is 0 Å². The summed E-state index contributed by atoms with van der Waals surface area (Å²) in [6, 6.07) is 5.93. The van der Waals surface area contributed by atoms with Crippen molar-refractivity contribution in [2.45, 2.75) is 32.6 Å². The first-order chi connectivity index (χ1) is 8.31. The number of hydrogen-bond acceptors (Lipinski definition) is 2. The zero-order valence-corrected chi connectivity index (χ0v) is 10.4. The number of anilines is 1. The number of unbranched alkanes of at least 4 members (excludes halogenated alkanes) is 2. The molecule has 1 aromatic carbocycles. The summed E-state index contributed by atoms with van der Waals surface area (Å²) in [4.78, 5) is 11.9. The van der Waals surface area contributed by atoms with Gasteiger partial charge in [0, 0.05) is 24.3 Å². The SMILES string of the molecule is CCCCCNC(=O)c1ccc2c(c1)NCC2. The molecule has 0 fully saturated rings. The molecule has 1 amide bonds. The zero-order chi connectivity index (χ0) is 12.1. The maximum Gasteiger partial charge on any atom is 0.251 e. The molecule has 92 valence electrons. The van der Waals surface area contributed by atoms with Gasteiger partial charge in [0.1, 0.15) is 0 Å².